The number of methoxy groups -OCH3 is 1. The first-order chi connectivity index (χ1) is 10.7. The van der Waals surface area contributed by atoms with Crippen molar-refractivity contribution >= 4 is 17.2 Å². The summed E-state index contributed by atoms with van der Waals surface area (Å²) in [5.74, 6) is 0.640. The number of nitrogens with one attached hydrogen (secondary N) is 1. The first-order valence-electron chi connectivity index (χ1n) is 8.16. The number of carbonyl (C=O) groups excluding carboxylic acids is 1. The third-order valence-corrected chi connectivity index (χ3v) is 5.19. The number of nitrogens with zero attached hydrogens (tertiary/aromatic N) is 1. The molecule has 0 aromatic carbocycles. The van der Waals surface area contributed by atoms with Gasteiger partial charge in [0.05, 0.1) is 23.2 Å². The van der Waals surface area contributed by atoms with Crippen LogP contribution in [0.25, 0.3) is 0 Å². The summed E-state index contributed by atoms with van der Waals surface area (Å²) < 4.78 is 5.11. The third kappa shape index (κ3) is 5.34. The minimum atomic E-state index is -0.197. The number of hydrogen-bond donors (Lipinski definition) is 2. The highest BCUT2D eigenvalue weighted by atomic mass is 32.1. The summed E-state index contributed by atoms with van der Waals surface area (Å²) in [6, 6.07) is 0. The van der Waals surface area contributed by atoms with Crippen LogP contribution in [0.15, 0.2) is 5.38 Å². The smallest absolute Gasteiger partial charge is 0.222 e. The molecule has 0 spiro atoms. The zero-order valence-corrected chi connectivity index (χ0v) is 14.2. The Balaban J connectivity index is 1.71. The molecule has 22 heavy (non-hydrogen) atoms. The summed E-state index contributed by atoms with van der Waals surface area (Å²) >= 11 is 1.71. The molecular formula is C16H27N3O2S. The lowest BCUT2D eigenvalue weighted by Gasteiger charge is -2.19. The molecule has 1 aromatic heterocycles. The Morgan fingerprint density at radius 3 is 2.95 bits per heavy atom. The number of amides is 1. The first kappa shape index (κ1) is 17.4. The van der Waals surface area contributed by atoms with Gasteiger partial charge in [-0.2, -0.15) is 0 Å². The van der Waals surface area contributed by atoms with Crippen LogP contribution >= 0.6 is 11.3 Å². The van der Waals surface area contributed by atoms with Crippen LogP contribution in [0.2, 0.25) is 0 Å². The average Bonchev–Trinajstić information content (AvgIpc) is 3.02. The van der Waals surface area contributed by atoms with Crippen LogP contribution in [0, 0.1) is 0 Å². The maximum absolute atomic E-state index is 11.8. The van der Waals surface area contributed by atoms with Gasteiger partial charge in [0.2, 0.25) is 5.91 Å². The molecular weight excluding hydrogens is 298 g/mol. The van der Waals surface area contributed by atoms with E-state index in [0.29, 0.717) is 25.4 Å². The molecule has 0 saturated heterocycles. The van der Waals surface area contributed by atoms with Gasteiger partial charge in [0, 0.05) is 37.9 Å². The predicted octanol–water partition coefficient (Wildman–Crippen LogP) is 2.21. The van der Waals surface area contributed by atoms with Gasteiger partial charge in [0.25, 0.3) is 0 Å². The fraction of sp³-hybridized carbons (Fsp3) is 0.750. The maximum atomic E-state index is 11.8. The van der Waals surface area contributed by atoms with E-state index in [9.17, 15) is 4.79 Å². The van der Waals surface area contributed by atoms with E-state index in [0.717, 1.165) is 11.4 Å². The summed E-state index contributed by atoms with van der Waals surface area (Å²) in [7, 11) is 1.58. The van der Waals surface area contributed by atoms with Gasteiger partial charge in [-0.05, 0) is 12.8 Å². The van der Waals surface area contributed by atoms with Crippen LogP contribution < -0.4 is 11.1 Å². The number of thiazole rings is 1. The molecule has 1 atom stereocenters. The molecule has 0 bridgehead atoms. The largest absolute Gasteiger partial charge is 0.380 e. The van der Waals surface area contributed by atoms with Crippen LogP contribution in [0.1, 0.15) is 55.1 Å². The van der Waals surface area contributed by atoms with Gasteiger partial charge in [0.15, 0.2) is 0 Å². The molecule has 1 unspecified atom stereocenters. The second kappa shape index (κ2) is 9.22. The number of aromatic nitrogens is 1. The molecule has 5 nitrogen and oxygen atoms in total. The van der Waals surface area contributed by atoms with E-state index in [4.69, 9.17) is 15.5 Å². The summed E-state index contributed by atoms with van der Waals surface area (Å²) in [6.45, 7) is 0.985. The predicted molar refractivity (Wildman–Crippen MR) is 89.1 cm³/mol. The number of nitrogens with two attached hydrogens (primary N) is 1. The highest BCUT2D eigenvalue weighted by Gasteiger charge is 2.18. The van der Waals surface area contributed by atoms with Gasteiger partial charge in [-0.25, -0.2) is 4.98 Å². The highest BCUT2D eigenvalue weighted by molar-refractivity contribution is 7.09. The molecule has 0 radical (unpaired) electrons. The van der Waals surface area contributed by atoms with E-state index in [1.165, 1.54) is 37.8 Å². The van der Waals surface area contributed by atoms with Crippen molar-refractivity contribution in [1.29, 1.82) is 0 Å². The van der Waals surface area contributed by atoms with Gasteiger partial charge in [0.1, 0.15) is 0 Å². The molecule has 3 N–H and O–H groups in total. The van der Waals surface area contributed by atoms with Gasteiger partial charge in [-0.3, -0.25) is 4.79 Å². The van der Waals surface area contributed by atoms with Crippen molar-refractivity contribution in [2.75, 3.05) is 20.2 Å². The van der Waals surface area contributed by atoms with Crippen LogP contribution in [-0.4, -0.2) is 37.2 Å². The Morgan fingerprint density at radius 1 is 1.50 bits per heavy atom. The van der Waals surface area contributed by atoms with E-state index in [-0.39, 0.29) is 12.0 Å². The van der Waals surface area contributed by atoms with Gasteiger partial charge in [-0.1, -0.05) is 19.3 Å². The summed E-state index contributed by atoms with van der Waals surface area (Å²) in [6.07, 6.45) is 7.49. The summed E-state index contributed by atoms with van der Waals surface area (Å²) in [4.78, 5) is 16.5. The highest BCUT2D eigenvalue weighted by Crippen LogP contribution is 2.33. The Labute approximate surface area is 136 Å². The van der Waals surface area contributed by atoms with Crippen molar-refractivity contribution in [1.82, 2.24) is 10.3 Å². The molecule has 1 fully saturated rings. The zero-order chi connectivity index (χ0) is 15.8. The van der Waals surface area contributed by atoms with E-state index in [2.05, 4.69) is 10.7 Å². The van der Waals surface area contributed by atoms with E-state index in [1.807, 2.05) is 0 Å². The SMILES string of the molecule is COC(CN)CC(=O)NCCc1nc(C2CCCCC2)cs1. The Bertz CT molecular complexity index is 454. The van der Waals surface area contributed by atoms with Crippen LogP contribution in [0.4, 0.5) is 0 Å². The molecule has 6 heteroatoms. The lowest BCUT2D eigenvalue weighted by atomic mass is 9.87. The van der Waals surface area contributed by atoms with Gasteiger partial charge < -0.3 is 15.8 Å². The van der Waals surface area contributed by atoms with Crippen molar-refractivity contribution in [2.24, 2.45) is 5.73 Å². The molecule has 1 saturated carbocycles. The van der Waals surface area contributed by atoms with Crippen LogP contribution in [-0.2, 0) is 16.0 Å². The lowest BCUT2D eigenvalue weighted by Crippen LogP contribution is -2.33. The Hall–Kier alpha value is -0.980. The molecule has 1 aromatic rings. The number of rotatable bonds is 8. The van der Waals surface area contributed by atoms with Gasteiger partial charge >= 0.3 is 0 Å². The second-order valence-electron chi connectivity index (χ2n) is 5.90. The minimum Gasteiger partial charge on any atom is -0.380 e. The van der Waals surface area contributed by atoms with E-state index < -0.39 is 0 Å². The van der Waals surface area contributed by atoms with Gasteiger partial charge in [-0.15, -0.1) is 11.3 Å². The monoisotopic (exact) mass is 325 g/mol. The fourth-order valence-electron chi connectivity index (χ4n) is 2.88. The van der Waals surface area contributed by atoms with Crippen molar-refractivity contribution in [3.8, 4) is 0 Å². The molecule has 1 heterocycles. The number of carbonyl (C=O) groups is 1. The van der Waals surface area contributed by atoms with E-state index in [1.54, 1.807) is 18.4 Å². The quantitative estimate of drug-likeness (QED) is 0.768. The molecule has 2 rings (SSSR count). The standard InChI is InChI=1S/C16H27N3O2S/c1-21-13(10-17)9-15(20)18-8-7-16-19-14(11-22-16)12-5-3-2-4-6-12/h11-13H,2-10,17H2,1H3,(H,18,20). The molecule has 1 amide bonds. The Morgan fingerprint density at radius 2 is 2.27 bits per heavy atom. The molecule has 124 valence electrons. The Kier molecular flexibility index (Phi) is 7.29. The first-order valence-corrected chi connectivity index (χ1v) is 9.04. The maximum Gasteiger partial charge on any atom is 0.222 e. The minimum absolute atomic E-state index is 0.0126. The van der Waals surface area contributed by atoms with E-state index >= 15 is 0 Å². The van der Waals surface area contributed by atoms with Crippen LogP contribution in [0.3, 0.4) is 0 Å². The molecule has 0 aliphatic heterocycles. The summed E-state index contributed by atoms with van der Waals surface area (Å²) in [5.41, 5.74) is 6.77. The average molecular weight is 325 g/mol. The van der Waals surface area contributed by atoms with Crippen molar-refractivity contribution < 1.29 is 9.53 Å². The van der Waals surface area contributed by atoms with Crippen LogP contribution in [0.5, 0.6) is 0 Å². The zero-order valence-electron chi connectivity index (χ0n) is 13.3. The third-order valence-electron chi connectivity index (χ3n) is 4.26. The number of ether oxygens (including phenoxy) is 1. The molecule has 1 aliphatic carbocycles. The van der Waals surface area contributed by atoms with Crippen molar-refractivity contribution in [2.45, 2.75) is 57.0 Å². The van der Waals surface area contributed by atoms with Crippen molar-refractivity contribution in [3.63, 3.8) is 0 Å². The molecule has 1 aliphatic rings. The summed E-state index contributed by atoms with van der Waals surface area (Å²) in [5, 5.41) is 6.22. The second-order valence-corrected chi connectivity index (χ2v) is 6.84. The normalized spacial score (nSPS) is 17.4. The topological polar surface area (TPSA) is 77.2 Å². The fourth-order valence-corrected chi connectivity index (χ4v) is 3.76. The lowest BCUT2D eigenvalue weighted by molar-refractivity contribution is -0.123. The van der Waals surface area contributed by atoms with Crippen molar-refractivity contribution in [3.05, 3.63) is 16.1 Å². The number of hydrogen-bond acceptors (Lipinski definition) is 5.